The molecule has 0 aromatic rings. The SMILES string of the molecule is CCCCS(=O)(=O)O.CCN1C=CC=C(C)C1.F. The Balaban J connectivity index is 0. The van der Waals surface area contributed by atoms with Gasteiger partial charge in [0.05, 0.1) is 5.75 Å². The van der Waals surface area contributed by atoms with Crippen LogP contribution >= 0.6 is 0 Å². The molecule has 0 aliphatic carbocycles. The van der Waals surface area contributed by atoms with E-state index < -0.39 is 10.1 Å². The third kappa shape index (κ3) is 11.6. The number of unbranched alkanes of at least 4 members (excludes halogenated alkanes) is 1. The smallest absolute Gasteiger partial charge is 0.264 e. The first kappa shape index (κ1) is 19.5. The lowest BCUT2D eigenvalue weighted by atomic mass is 10.2. The minimum absolute atomic E-state index is 0. The molecule has 0 aromatic carbocycles. The van der Waals surface area contributed by atoms with Crippen LogP contribution < -0.4 is 0 Å². The Morgan fingerprint density at radius 1 is 1.39 bits per heavy atom. The minimum atomic E-state index is -3.69. The van der Waals surface area contributed by atoms with E-state index in [9.17, 15) is 8.42 Å². The Kier molecular flexibility index (Phi) is 10.9. The fraction of sp³-hybridized carbons (Fsp3) is 0.667. The van der Waals surface area contributed by atoms with Crippen LogP contribution in [0.2, 0.25) is 0 Å². The number of halogens is 1. The summed E-state index contributed by atoms with van der Waals surface area (Å²) < 4.78 is 28.0. The van der Waals surface area contributed by atoms with Gasteiger partial charge in [-0.25, -0.2) is 0 Å². The van der Waals surface area contributed by atoms with Gasteiger partial charge in [0.15, 0.2) is 0 Å². The van der Waals surface area contributed by atoms with Crippen molar-refractivity contribution in [3.05, 3.63) is 23.9 Å². The molecule has 0 saturated carbocycles. The zero-order valence-corrected chi connectivity index (χ0v) is 12.1. The fourth-order valence-electron chi connectivity index (χ4n) is 1.30. The minimum Gasteiger partial charge on any atom is -0.374 e. The van der Waals surface area contributed by atoms with Gasteiger partial charge >= 0.3 is 0 Å². The first-order chi connectivity index (χ1) is 7.89. The summed E-state index contributed by atoms with van der Waals surface area (Å²) in [5.74, 6) is -0.108. The molecular formula is C12H24FNO3S. The van der Waals surface area contributed by atoms with Gasteiger partial charge in [-0.3, -0.25) is 9.26 Å². The molecule has 0 bridgehead atoms. The zero-order valence-electron chi connectivity index (χ0n) is 11.3. The van der Waals surface area contributed by atoms with Crippen LogP contribution in [-0.4, -0.2) is 36.7 Å². The molecule has 0 aromatic heterocycles. The third-order valence-electron chi connectivity index (χ3n) is 2.29. The van der Waals surface area contributed by atoms with E-state index >= 15 is 0 Å². The van der Waals surface area contributed by atoms with E-state index in [2.05, 4.69) is 37.1 Å². The van der Waals surface area contributed by atoms with Gasteiger partial charge in [-0.1, -0.05) is 25.0 Å². The van der Waals surface area contributed by atoms with Crippen LogP contribution in [-0.2, 0) is 10.1 Å². The van der Waals surface area contributed by atoms with Crippen LogP contribution in [0.15, 0.2) is 23.9 Å². The molecule has 0 unspecified atom stereocenters. The topological polar surface area (TPSA) is 57.6 Å². The second-order valence-corrected chi connectivity index (χ2v) is 5.63. The van der Waals surface area contributed by atoms with Gasteiger partial charge in [-0.05, 0) is 32.5 Å². The summed E-state index contributed by atoms with van der Waals surface area (Å²) >= 11 is 0. The van der Waals surface area contributed by atoms with Crippen molar-refractivity contribution in [2.24, 2.45) is 0 Å². The standard InChI is InChI=1S/C8H13N.C4H10O3S.FH/c1-3-9-6-4-5-8(2)7-9;1-2-3-4-8(5,6)7;/h4-6H,3,7H2,1-2H3;2-4H2,1H3,(H,5,6,7);1H. The average Bonchev–Trinajstić information content (AvgIpc) is 2.26. The summed E-state index contributed by atoms with van der Waals surface area (Å²) in [6.45, 7) is 8.41. The molecule has 6 heteroatoms. The van der Waals surface area contributed by atoms with Crippen molar-refractivity contribution >= 4 is 10.1 Å². The number of likely N-dealkylation sites (N-methyl/N-ethyl adjacent to an activating group) is 1. The van der Waals surface area contributed by atoms with Crippen molar-refractivity contribution in [2.45, 2.75) is 33.6 Å². The molecule has 1 aliphatic heterocycles. The Morgan fingerprint density at radius 2 is 2.00 bits per heavy atom. The lowest BCUT2D eigenvalue weighted by Gasteiger charge is -2.20. The zero-order chi connectivity index (χ0) is 13.3. The Hall–Kier alpha value is -0.880. The van der Waals surface area contributed by atoms with Crippen LogP contribution in [0.4, 0.5) is 4.70 Å². The van der Waals surface area contributed by atoms with Crippen molar-refractivity contribution in [1.82, 2.24) is 4.90 Å². The van der Waals surface area contributed by atoms with Crippen LogP contribution in [0.5, 0.6) is 0 Å². The maximum absolute atomic E-state index is 9.95. The van der Waals surface area contributed by atoms with E-state index in [1.54, 1.807) is 0 Å². The molecule has 0 saturated heterocycles. The molecule has 0 radical (unpaired) electrons. The lowest BCUT2D eigenvalue weighted by molar-refractivity contribution is 0.425. The quantitative estimate of drug-likeness (QED) is 0.805. The van der Waals surface area contributed by atoms with Crippen molar-refractivity contribution in [3.63, 3.8) is 0 Å². The lowest BCUT2D eigenvalue weighted by Crippen LogP contribution is -2.20. The van der Waals surface area contributed by atoms with E-state index in [4.69, 9.17) is 4.55 Å². The molecule has 0 fully saturated rings. The second kappa shape index (κ2) is 10.1. The third-order valence-corrected chi connectivity index (χ3v) is 3.10. The van der Waals surface area contributed by atoms with Gasteiger partial charge in [-0.2, -0.15) is 8.42 Å². The Morgan fingerprint density at radius 3 is 2.28 bits per heavy atom. The van der Waals surface area contributed by atoms with E-state index in [0.717, 1.165) is 19.5 Å². The highest BCUT2D eigenvalue weighted by atomic mass is 32.2. The van der Waals surface area contributed by atoms with Crippen LogP contribution in [0.3, 0.4) is 0 Å². The van der Waals surface area contributed by atoms with Gasteiger partial charge in [-0.15, -0.1) is 0 Å². The fourth-order valence-corrected chi connectivity index (χ4v) is 1.95. The largest absolute Gasteiger partial charge is 0.374 e. The van der Waals surface area contributed by atoms with Crippen LogP contribution in [0, 0.1) is 0 Å². The second-order valence-electron chi connectivity index (χ2n) is 4.06. The number of hydrogen-bond donors (Lipinski definition) is 1. The van der Waals surface area contributed by atoms with Gasteiger partial charge < -0.3 is 4.90 Å². The number of nitrogens with zero attached hydrogens (tertiary/aromatic N) is 1. The van der Waals surface area contributed by atoms with Crippen molar-refractivity contribution in [2.75, 3.05) is 18.8 Å². The predicted molar refractivity (Wildman–Crippen MR) is 74.0 cm³/mol. The molecule has 1 aliphatic rings. The normalized spacial score (nSPS) is 14.2. The van der Waals surface area contributed by atoms with E-state index in [0.29, 0.717) is 6.42 Å². The summed E-state index contributed by atoms with van der Waals surface area (Å²) in [6.07, 6.45) is 7.72. The number of hydrogen-bond acceptors (Lipinski definition) is 3. The van der Waals surface area contributed by atoms with Gasteiger partial charge in [0.2, 0.25) is 0 Å². The van der Waals surface area contributed by atoms with Gasteiger partial charge in [0, 0.05) is 13.1 Å². The Labute approximate surface area is 109 Å². The van der Waals surface area contributed by atoms with Crippen molar-refractivity contribution in [3.8, 4) is 0 Å². The highest BCUT2D eigenvalue weighted by Gasteiger charge is 2.00. The predicted octanol–water partition coefficient (Wildman–Crippen LogP) is 2.61. The van der Waals surface area contributed by atoms with Gasteiger partial charge in [0.1, 0.15) is 0 Å². The first-order valence-corrected chi connectivity index (χ1v) is 7.53. The number of allylic oxidation sites excluding steroid dienone is 2. The van der Waals surface area contributed by atoms with E-state index in [1.165, 1.54) is 5.57 Å². The summed E-state index contributed by atoms with van der Waals surface area (Å²) in [4.78, 5) is 2.29. The van der Waals surface area contributed by atoms with E-state index in [1.807, 2.05) is 6.92 Å². The molecule has 0 atom stereocenters. The summed E-state index contributed by atoms with van der Waals surface area (Å²) in [7, 11) is -3.69. The molecule has 0 amide bonds. The highest BCUT2D eigenvalue weighted by Crippen LogP contribution is 2.04. The molecular weight excluding hydrogens is 257 g/mol. The molecule has 1 heterocycles. The maximum Gasteiger partial charge on any atom is 0.264 e. The molecule has 0 spiro atoms. The molecule has 1 N–H and O–H groups in total. The first-order valence-electron chi connectivity index (χ1n) is 5.92. The maximum atomic E-state index is 9.95. The summed E-state index contributed by atoms with van der Waals surface area (Å²) in [5.41, 5.74) is 1.44. The van der Waals surface area contributed by atoms with Gasteiger partial charge in [0.25, 0.3) is 10.1 Å². The molecule has 18 heavy (non-hydrogen) atoms. The average molecular weight is 281 g/mol. The summed E-state index contributed by atoms with van der Waals surface area (Å²) in [6, 6.07) is 0. The molecule has 1 rings (SSSR count). The molecule has 4 nitrogen and oxygen atoms in total. The van der Waals surface area contributed by atoms with Crippen LogP contribution in [0.25, 0.3) is 0 Å². The Bertz CT molecular complexity index is 364. The molecule has 108 valence electrons. The monoisotopic (exact) mass is 281 g/mol. The van der Waals surface area contributed by atoms with E-state index in [-0.39, 0.29) is 10.5 Å². The van der Waals surface area contributed by atoms with Crippen molar-refractivity contribution in [1.29, 1.82) is 0 Å². The highest BCUT2D eigenvalue weighted by molar-refractivity contribution is 7.85. The van der Waals surface area contributed by atoms with Crippen LogP contribution in [0.1, 0.15) is 33.6 Å². The summed E-state index contributed by atoms with van der Waals surface area (Å²) in [5, 5.41) is 0. The van der Waals surface area contributed by atoms with Crippen molar-refractivity contribution < 1.29 is 17.7 Å². The number of rotatable bonds is 4.